The Kier molecular flexibility index (Phi) is 5.39. The second kappa shape index (κ2) is 6.59. The van der Waals surface area contributed by atoms with Crippen molar-refractivity contribution in [1.82, 2.24) is 0 Å². The van der Waals surface area contributed by atoms with Crippen molar-refractivity contribution >= 4 is 23.2 Å². The second-order valence-corrected chi connectivity index (χ2v) is 4.95. The van der Waals surface area contributed by atoms with E-state index in [4.69, 9.17) is 0 Å². The summed E-state index contributed by atoms with van der Waals surface area (Å²) in [6, 6.07) is 8.13. The van der Waals surface area contributed by atoms with E-state index in [-0.39, 0.29) is 5.78 Å². The molecule has 1 N–H and O–H groups in total. The van der Waals surface area contributed by atoms with Gasteiger partial charge in [-0.3, -0.25) is 4.79 Å². The smallest absolute Gasteiger partial charge is 0.159 e. The highest BCUT2D eigenvalue weighted by atomic mass is 32.2. The molecule has 0 aromatic heterocycles. The molecule has 0 aliphatic carbocycles. The molecular formula is C13H19NOS. The molecule has 1 atom stereocenters. The van der Waals surface area contributed by atoms with E-state index >= 15 is 0 Å². The Morgan fingerprint density at radius 2 is 2.00 bits per heavy atom. The van der Waals surface area contributed by atoms with Crippen molar-refractivity contribution in [2.75, 3.05) is 17.3 Å². The number of nitrogens with one attached hydrogen (secondary N) is 1. The molecule has 1 aromatic carbocycles. The van der Waals surface area contributed by atoms with Crippen LogP contribution in [-0.4, -0.2) is 23.8 Å². The molecule has 88 valence electrons. The molecule has 2 nitrogen and oxygen atoms in total. The molecule has 0 aliphatic heterocycles. The first kappa shape index (κ1) is 13.1. The molecule has 0 saturated carbocycles. The van der Waals surface area contributed by atoms with Gasteiger partial charge in [-0.25, -0.2) is 0 Å². The van der Waals surface area contributed by atoms with Gasteiger partial charge in [0, 0.05) is 17.3 Å². The predicted molar refractivity (Wildman–Crippen MR) is 72.5 cm³/mol. The Labute approximate surface area is 102 Å². The van der Waals surface area contributed by atoms with Gasteiger partial charge in [0.15, 0.2) is 5.78 Å². The highest BCUT2D eigenvalue weighted by Gasteiger charge is 2.02. The van der Waals surface area contributed by atoms with E-state index < -0.39 is 0 Å². The minimum Gasteiger partial charge on any atom is -0.383 e. The Morgan fingerprint density at radius 3 is 2.50 bits per heavy atom. The molecule has 0 bridgehead atoms. The van der Waals surface area contributed by atoms with Crippen molar-refractivity contribution < 1.29 is 4.79 Å². The largest absolute Gasteiger partial charge is 0.383 e. The quantitative estimate of drug-likeness (QED) is 0.768. The van der Waals surface area contributed by atoms with Crippen LogP contribution in [0, 0.1) is 0 Å². The summed E-state index contributed by atoms with van der Waals surface area (Å²) in [4.78, 5) is 11.1. The van der Waals surface area contributed by atoms with Gasteiger partial charge in [-0.15, -0.1) is 0 Å². The fourth-order valence-corrected chi connectivity index (χ4v) is 2.04. The average molecular weight is 237 g/mol. The number of anilines is 1. The number of rotatable bonds is 6. The predicted octanol–water partition coefficient (Wildman–Crippen LogP) is 3.44. The van der Waals surface area contributed by atoms with E-state index in [1.54, 1.807) is 6.92 Å². The molecule has 3 heteroatoms. The van der Waals surface area contributed by atoms with Crippen molar-refractivity contribution in [3.05, 3.63) is 29.8 Å². The maximum atomic E-state index is 11.1. The molecule has 16 heavy (non-hydrogen) atoms. The van der Waals surface area contributed by atoms with Crippen LogP contribution in [0.4, 0.5) is 5.69 Å². The maximum absolute atomic E-state index is 11.1. The van der Waals surface area contributed by atoms with Crippen molar-refractivity contribution in [2.24, 2.45) is 0 Å². The molecule has 0 radical (unpaired) electrons. The van der Waals surface area contributed by atoms with Gasteiger partial charge in [-0.2, -0.15) is 11.8 Å². The summed E-state index contributed by atoms with van der Waals surface area (Å²) in [5.41, 5.74) is 1.85. The number of Topliss-reactive ketones (excluding diaryl/α,β-unsaturated/α-hetero) is 1. The first-order chi connectivity index (χ1) is 7.63. The summed E-state index contributed by atoms with van der Waals surface area (Å²) in [6.07, 6.45) is 3.27. The number of carbonyl (C=O) groups is 1. The van der Waals surface area contributed by atoms with Crippen molar-refractivity contribution in [1.29, 1.82) is 0 Å². The Hall–Kier alpha value is -0.960. The summed E-state index contributed by atoms with van der Waals surface area (Å²) < 4.78 is 0. The van der Waals surface area contributed by atoms with Gasteiger partial charge in [-0.05, 0) is 56.5 Å². The van der Waals surface area contributed by atoms with Crippen molar-refractivity contribution in [3.63, 3.8) is 0 Å². The van der Waals surface area contributed by atoms with Crippen LogP contribution in [0.1, 0.15) is 30.6 Å². The summed E-state index contributed by atoms with van der Waals surface area (Å²) in [5, 5.41) is 3.42. The van der Waals surface area contributed by atoms with E-state index in [0.717, 1.165) is 17.7 Å². The van der Waals surface area contributed by atoms with Gasteiger partial charge in [-0.1, -0.05) is 0 Å². The normalized spacial score (nSPS) is 12.2. The van der Waals surface area contributed by atoms with Crippen LogP contribution in [0.2, 0.25) is 0 Å². The number of carbonyl (C=O) groups excluding carboxylic acids is 1. The number of benzene rings is 1. The average Bonchev–Trinajstić information content (AvgIpc) is 2.27. The zero-order valence-electron chi connectivity index (χ0n) is 10.1. The summed E-state index contributed by atoms with van der Waals surface area (Å²) in [5.74, 6) is 1.28. The van der Waals surface area contributed by atoms with Gasteiger partial charge in [0.2, 0.25) is 0 Å². The third kappa shape index (κ3) is 4.27. The number of thioether (sulfide) groups is 1. The third-order valence-electron chi connectivity index (χ3n) is 2.46. The minimum absolute atomic E-state index is 0.113. The minimum atomic E-state index is 0.113. The molecule has 0 spiro atoms. The Balaban J connectivity index is 2.51. The summed E-state index contributed by atoms with van der Waals surface area (Å²) in [6.45, 7) is 3.76. The van der Waals surface area contributed by atoms with Gasteiger partial charge in [0.25, 0.3) is 0 Å². The third-order valence-corrected chi connectivity index (χ3v) is 3.10. The zero-order chi connectivity index (χ0) is 12.0. The lowest BCUT2D eigenvalue weighted by atomic mass is 10.1. The molecule has 1 aromatic rings. The Morgan fingerprint density at radius 1 is 1.38 bits per heavy atom. The number of ketones is 1. The summed E-state index contributed by atoms with van der Waals surface area (Å²) >= 11 is 1.86. The lowest BCUT2D eigenvalue weighted by Crippen LogP contribution is -2.15. The highest BCUT2D eigenvalue weighted by Crippen LogP contribution is 2.13. The van der Waals surface area contributed by atoms with E-state index in [0.29, 0.717) is 6.04 Å². The van der Waals surface area contributed by atoms with E-state index in [2.05, 4.69) is 18.5 Å². The number of hydrogen-bond donors (Lipinski definition) is 1. The SMILES string of the molecule is CSCCC(C)Nc1ccc(C(C)=O)cc1. The molecule has 0 fully saturated rings. The van der Waals surface area contributed by atoms with Crippen LogP contribution < -0.4 is 5.32 Å². The molecule has 0 amide bonds. The van der Waals surface area contributed by atoms with Crippen LogP contribution in [0.3, 0.4) is 0 Å². The topological polar surface area (TPSA) is 29.1 Å². The van der Waals surface area contributed by atoms with Gasteiger partial charge < -0.3 is 5.32 Å². The van der Waals surface area contributed by atoms with Crippen molar-refractivity contribution in [2.45, 2.75) is 26.3 Å². The highest BCUT2D eigenvalue weighted by molar-refractivity contribution is 7.98. The van der Waals surface area contributed by atoms with Crippen molar-refractivity contribution in [3.8, 4) is 0 Å². The standard InChI is InChI=1S/C13H19NOS/c1-10(8-9-16-3)14-13-6-4-12(5-7-13)11(2)15/h4-7,10,14H,8-9H2,1-3H3. The fraction of sp³-hybridized carbons (Fsp3) is 0.462. The number of hydrogen-bond acceptors (Lipinski definition) is 3. The fourth-order valence-electron chi connectivity index (χ4n) is 1.45. The van der Waals surface area contributed by atoms with Crippen LogP contribution in [0.25, 0.3) is 0 Å². The molecular weight excluding hydrogens is 218 g/mol. The van der Waals surface area contributed by atoms with Crippen LogP contribution in [0.15, 0.2) is 24.3 Å². The molecule has 0 saturated heterocycles. The molecule has 0 aliphatic rings. The molecule has 1 unspecified atom stereocenters. The van der Waals surface area contributed by atoms with Crippen LogP contribution in [0.5, 0.6) is 0 Å². The zero-order valence-corrected chi connectivity index (χ0v) is 10.9. The molecule has 0 heterocycles. The van der Waals surface area contributed by atoms with Gasteiger partial charge in [0.1, 0.15) is 0 Å². The molecule has 1 rings (SSSR count). The lowest BCUT2D eigenvalue weighted by Gasteiger charge is -2.14. The first-order valence-corrected chi connectivity index (χ1v) is 6.89. The Bertz CT molecular complexity index is 334. The summed E-state index contributed by atoms with van der Waals surface area (Å²) in [7, 11) is 0. The van der Waals surface area contributed by atoms with Crippen LogP contribution in [-0.2, 0) is 0 Å². The van der Waals surface area contributed by atoms with E-state index in [1.165, 1.54) is 5.75 Å². The first-order valence-electron chi connectivity index (χ1n) is 5.50. The second-order valence-electron chi connectivity index (χ2n) is 3.96. The van der Waals surface area contributed by atoms with Gasteiger partial charge in [0.05, 0.1) is 0 Å². The maximum Gasteiger partial charge on any atom is 0.159 e. The van der Waals surface area contributed by atoms with Gasteiger partial charge >= 0.3 is 0 Å². The monoisotopic (exact) mass is 237 g/mol. The lowest BCUT2D eigenvalue weighted by molar-refractivity contribution is 0.101. The van der Waals surface area contributed by atoms with Crippen LogP contribution >= 0.6 is 11.8 Å². The van der Waals surface area contributed by atoms with E-state index in [1.807, 2.05) is 36.0 Å². The van der Waals surface area contributed by atoms with E-state index in [9.17, 15) is 4.79 Å².